The lowest BCUT2D eigenvalue weighted by molar-refractivity contribution is -0.130. The highest BCUT2D eigenvalue weighted by Crippen LogP contribution is 2.23. The van der Waals surface area contributed by atoms with E-state index in [9.17, 15) is 9.59 Å². The van der Waals surface area contributed by atoms with Crippen molar-refractivity contribution in [1.29, 1.82) is 0 Å². The quantitative estimate of drug-likeness (QED) is 0.815. The summed E-state index contributed by atoms with van der Waals surface area (Å²) >= 11 is 1.39. The average molecular weight is 266 g/mol. The molecule has 1 heterocycles. The third-order valence-electron chi connectivity index (χ3n) is 3.33. The van der Waals surface area contributed by atoms with Gasteiger partial charge in [0.25, 0.3) is 0 Å². The first-order chi connectivity index (χ1) is 8.68. The molecular weight excluding hydrogens is 248 g/mol. The Morgan fingerprint density at radius 2 is 2.06 bits per heavy atom. The molecule has 0 saturated heterocycles. The number of thiophene rings is 1. The lowest BCUT2D eigenvalue weighted by atomic mass is 9.94. The van der Waals surface area contributed by atoms with Crippen molar-refractivity contribution in [3.8, 4) is 0 Å². The largest absolute Gasteiger partial charge is 0.369 e. The molecule has 0 bridgehead atoms. The van der Waals surface area contributed by atoms with Crippen LogP contribution in [0.2, 0.25) is 0 Å². The van der Waals surface area contributed by atoms with Gasteiger partial charge in [-0.15, -0.1) is 11.3 Å². The number of hydrogen-bond acceptors (Lipinski definition) is 3. The zero-order valence-corrected chi connectivity index (χ0v) is 11.0. The lowest BCUT2D eigenvalue weighted by Gasteiger charge is -2.24. The number of nitrogens with two attached hydrogens (primary N) is 1. The van der Waals surface area contributed by atoms with Crippen LogP contribution in [0.3, 0.4) is 0 Å². The first-order valence-corrected chi connectivity index (χ1v) is 7.19. The van der Waals surface area contributed by atoms with Crippen molar-refractivity contribution in [2.24, 2.45) is 5.73 Å². The Morgan fingerprint density at radius 3 is 2.61 bits per heavy atom. The minimum atomic E-state index is -0.841. The summed E-state index contributed by atoms with van der Waals surface area (Å²) in [6, 6.07) is 3.80. The van der Waals surface area contributed by atoms with Crippen molar-refractivity contribution in [3.63, 3.8) is 0 Å². The van der Waals surface area contributed by atoms with Crippen LogP contribution in [0, 0.1) is 0 Å². The normalized spacial score (nSPS) is 18.2. The number of nitrogens with one attached hydrogen (secondary N) is 1. The molecule has 0 spiro atoms. The number of rotatable bonds is 4. The summed E-state index contributed by atoms with van der Waals surface area (Å²) in [5.74, 6) is -1.67. The molecule has 3 N–H and O–H groups in total. The van der Waals surface area contributed by atoms with Crippen molar-refractivity contribution < 1.29 is 9.59 Å². The third-order valence-corrected chi connectivity index (χ3v) is 4.26. The van der Waals surface area contributed by atoms with Gasteiger partial charge in [0.05, 0.1) is 0 Å². The predicted octanol–water partition coefficient (Wildman–Crippen LogP) is 1.77. The highest BCUT2D eigenvalue weighted by atomic mass is 32.1. The van der Waals surface area contributed by atoms with Crippen LogP contribution in [0.1, 0.15) is 42.9 Å². The van der Waals surface area contributed by atoms with Gasteiger partial charge in [-0.1, -0.05) is 25.3 Å². The van der Waals surface area contributed by atoms with E-state index in [2.05, 4.69) is 5.32 Å². The number of amides is 2. The molecule has 1 saturated carbocycles. The van der Waals surface area contributed by atoms with Crippen LogP contribution >= 0.6 is 11.3 Å². The molecule has 18 heavy (non-hydrogen) atoms. The van der Waals surface area contributed by atoms with Crippen LogP contribution in [0.15, 0.2) is 17.5 Å². The van der Waals surface area contributed by atoms with Crippen molar-refractivity contribution in [2.45, 2.75) is 44.1 Å². The fourth-order valence-corrected chi connectivity index (χ4v) is 3.22. The van der Waals surface area contributed by atoms with Crippen molar-refractivity contribution in [2.75, 3.05) is 0 Å². The van der Waals surface area contributed by atoms with E-state index in [1.807, 2.05) is 11.4 Å². The number of primary amides is 1. The van der Waals surface area contributed by atoms with E-state index >= 15 is 0 Å². The van der Waals surface area contributed by atoms with Gasteiger partial charge in [0, 0.05) is 10.9 Å². The number of carbonyl (C=O) groups excluding carboxylic acids is 2. The molecule has 1 fully saturated rings. The van der Waals surface area contributed by atoms with Gasteiger partial charge < -0.3 is 11.1 Å². The summed E-state index contributed by atoms with van der Waals surface area (Å²) in [6.07, 6.45) is 5.52. The van der Waals surface area contributed by atoms with E-state index in [-0.39, 0.29) is 11.9 Å². The van der Waals surface area contributed by atoms with Gasteiger partial charge in [-0.2, -0.15) is 0 Å². The molecule has 2 amide bonds. The summed E-state index contributed by atoms with van der Waals surface area (Å²) in [6.45, 7) is 0. The van der Waals surface area contributed by atoms with Crippen molar-refractivity contribution in [3.05, 3.63) is 22.4 Å². The summed E-state index contributed by atoms with van der Waals surface area (Å²) < 4.78 is 0. The zero-order chi connectivity index (χ0) is 13.0. The zero-order valence-electron chi connectivity index (χ0n) is 10.2. The standard InChI is InChI=1S/C13H18N2O2S/c14-12(16)11(10-7-4-8-18-10)13(17)15-9-5-2-1-3-6-9/h4,7-9,11H,1-3,5-6H2,(H2,14,16)(H,15,17). The van der Waals surface area contributed by atoms with Crippen LogP contribution in [0.4, 0.5) is 0 Å². The highest BCUT2D eigenvalue weighted by Gasteiger charge is 2.29. The first-order valence-electron chi connectivity index (χ1n) is 6.31. The molecule has 0 radical (unpaired) electrons. The van der Waals surface area contributed by atoms with Crippen LogP contribution in [0.25, 0.3) is 0 Å². The molecule has 0 aliphatic heterocycles. The Balaban J connectivity index is 2.02. The molecule has 0 aromatic carbocycles. The maximum atomic E-state index is 12.1. The van der Waals surface area contributed by atoms with E-state index < -0.39 is 11.8 Å². The monoisotopic (exact) mass is 266 g/mol. The van der Waals surface area contributed by atoms with Gasteiger partial charge >= 0.3 is 0 Å². The summed E-state index contributed by atoms with van der Waals surface area (Å²) in [5.41, 5.74) is 5.34. The fourth-order valence-electron chi connectivity index (χ4n) is 2.39. The predicted molar refractivity (Wildman–Crippen MR) is 71.3 cm³/mol. The second-order valence-corrected chi connectivity index (χ2v) is 5.67. The molecule has 2 rings (SSSR count). The Bertz CT molecular complexity index is 411. The minimum Gasteiger partial charge on any atom is -0.369 e. The van der Waals surface area contributed by atoms with Gasteiger partial charge in [-0.3, -0.25) is 9.59 Å². The second-order valence-electron chi connectivity index (χ2n) is 4.69. The molecule has 1 atom stereocenters. The average Bonchev–Trinajstić information content (AvgIpc) is 2.83. The topological polar surface area (TPSA) is 72.2 Å². The molecule has 98 valence electrons. The molecule has 1 aromatic rings. The van der Waals surface area contributed by atoms with Gasteiger partial charge in [0.2, 0.25) is 11.8 Å². The second kappa shape index (κ2) is 6.00. The summed E-state index contributed by atoms with van der Waals surface area (Å²) in [5, 5.41) is 4.80. The Morgan fingerprint density at radius 1 is 1.33 bits per heavy atom. The Kier molecular flexibility index (Phi) is 4.36. The van der Waals surface area contributed by atoms with Gasteiger partial charge in [-0.25, -0.2) is 0 Å². The van der Waals surface area contributed by atoms with Crippen LogP contribution in [-0.2, 0) is 9.59 Å². The van der Waals surface area contributed by atoms with E-state index in [4.69, 9.17) is 5.73 Å². The maximum absolute atomic E-state index is 12.1. The lowest BCUT2D eigenvalue weighted by Crippen LogP contribution is -2.42. The SMILES string of the molecule is NC(=O)C(C(=O)NC1CCCCC1)c1cccs1. The third kappa shape index (κ3) is 3.10. The number of hydrogen-bond donors (Lipinski definition) is 2. The molecule has 1 aliphatic carbocycles. The highest BCUT2D eigenvalue weighted by molar-refractivity contribution is 7.10. The van der Waals surface area contributed by atoms with E-state index in [0.29, 0.717) is 0 Å². The van der Waals surface area contributed by atoms with Gasteiger partial charge in [-0.05, 0) is 24.3 Å². The van der Waals surface area contributed by atoms with E-state index in [1.165, 1.54) is 17.8 Å². The van der Waals surface area contributed by atoms with E-state index in [1.54, 1.807) is 6.07 Å². The van der Waals surface area contributed by atoms with Crippen molar-refractivity contribution in [1.82, 2.24) is 5.32 Å². The summed E-state index contributed by atoms with van der Waals surface area (Å²) in [7, 11) is 0. The van der Waals surface area contributed by atoms with Gasteiger partial charge in [0.15, 0.2) is 5.92 Å². The molecule has 5 heteroatoms. The first kappa shape index (κ1) is 13.1. The molecule has 1 aliphatic rings. The fraction of sp³-hybridized carbons (Fsp3) is 0.538. The van der Waals surface area contributed by atoms with Gasteiger partial charge in [0.1, 0.15) is 0 Å². The molecule has 1 unspecified atom stereocenters. The minimum absolute atomic E-state index is 0.202. The summed E-state index contributed by atoms with van der Waals surface area (Å²) in [4.78, 5) is 24.3. The van der Waals surface area contributed by atoms with E-state index in [0.717, 1.165) is 30.6 Å². The molecule has 4 nitrogen and oxygen atoms in total. The Labute approximate surface area is 111 Å². The van der Waals surface area contributed by atoms with Crippen LogP contribution in [-0.4, -0.2) is 17.9 Å². The number of carbonyl (C=O) groups is 2. The molecular formula is C13H18N2O2S. The smallest absolute Gasteiger partial charge is 0.238 e. The van der Waals surface area contributed by atoms with Crippen LogP contribution in [0.5, 0.6) is 0 Å². The van der Waals surface area contributed by atoms with Crippen LogP contribution < -0.4 is 11.1 Å². The molecule has 1 aromatic heterocycles. The van der Waals surface area contributed by atoms with Crippen molar-refractivity contribution >= 4 is 23.2 Å². The Hall–Kier alpha value is -1.36. The maximum Gasteiger partial charge on any atom is 0.238 e.